The van der Waals surface area contributed by atoms with Crippen LogP contribution in [0.2, 0.25) is 0 Å². The molecule has 0 spiro atoms. The van der Waals surface area contributed by atoms with Crippen molar-refractivity contribution in [1.29, 1.82) is 0 Å². The van der Waals surface area contributed by atoms with E-state index in [-0.39, 0.29) is 12.1 Å². The fourth-order valence-electron chi connectivity index (χ4n) is 3.77. The van der Waals surface area contributed by atoms with Crippen LogP contribution in [0.5, 0.6) is 0 Å². The summed E-state index contributed by atoms with van der Waals surface area (Å²) >= 11 is 0. The lowest BCUT2D eigenvalue weighted by Gasteiger charge is -2.19. The number of imidazole rings is 1. The fraction of sp³-hybridized carbons (Fsp3) is 0.800. The third-order valence-electron chi connectivity index (χ3n) is 5.08. The van der Waals surface area contributed by atoms with Gasteiger partial charge in [-0.1, -0.05) is 6.92 Å². The molecule has 1 aliphatic carbocycles. The molecule has 4 heteroatoms. The number of nitrogens with zero attached hydrogens (tertiary/aromatic N) is 2. The minimum absolute atomic E-state index is 0.251. The predicted octanol–water partition coefficient (Wildman–Crippen LogP) is 1.76. The standard InChI is InChI=1S/C15H25N3O/c1-8-9(2)19-10(3)14(8)15-17-12-7-11(16)5-6-13(12)18(15)4/h8-11,14H,5-7,16H2,1-4H3. The Bertz CT molecular complexity index is 482. The smallest absolute Gasteiger partial charge is 0.115 e. The highest BCUT2D eigenvalue weighted by Crippen LogP contribution is 2.40. The number of ether oxygens (including phenoxy) is 1. The number of aromatic nitrogens is 2. The highest BCUT2D eigenvalue weighted by molar-refractivity contribution is 5.24. The van der Waals surface area contributed by atoms with Gasteiger partial charge >= 0.3 is 0 Å². The number of nitrogens with two attached hydrogens (primary N) is 1. The van der Waals surface area contributed by atoms with Gasteiger partial charge in [0.15, 0.2) is 0 Å². The van der Waals surface area contributed by atoms with Gasteiger partial charge in [0.1, 0.15) is 5.82 Å². The molecule has 1 aromatic rings. The van der Waals surface area contributed by atoms with Gasteiger partial charge in [0, 0.05) is 31.1 Å². The van der Waals surface area contributed by atoms with Crippen molar-refractivity contribution in [3.05, 3.63) is 17.2 Å². The van der Waals surface area contributed by atoms with Crippen LogP contribution in [0.1, 0.15) is 50.3 Å². The highest BCUT2D eigenvalue weighted by Gasteiger charge is 2.41. The van der Waals surface area contributed by atoms with Gasteiger partial charge in [0.2, 0.25) is 0 Å². The maximum atomic E-state index is 6.07. The van der Waals surface area contributed by atoms with Crippen LogP contribution in [0.3, 0.4) is 0 Å². The first-order chi connectivity index (χ1) is 8.99. The number of hydrogen-bond acceptors (Lipinski definition) is 3. The molecule has 2 aliphatic rings. The lowest BCUT2D eigenvalue weighted by molar-refractivity contribution is 0.0552. The summed E-state index contributed by atoms with van der Waals surface area (Å²) in [7, 11) is 2.15. The summed E-state index contributed by atoms with van der Waals surface area (Å²) in [6, 6.07) is 0.281. The predicted molar refractivity (Wildman–Crippen MR) is 75.1 cm³/mol. The zero-order valence-electron chi connectivity index (χ0n) is 12.4. The molecule has 19 heavy (non-hydrogen) atoms. The Balaban J connectivity index is 1.98. The van der Waals surface area contributed by atoms with E-state index >= 15 is 0 Å². The second-order valence-corrected chi connectivity index (χ2v) is 6.36. The molecule has 0 aromatic carbocycles. The maximum absolute atomic E-state index is 6.07. The second kappa shape index (κ2) is 4.60. The van der Waals surface area contributed by atoms with E-state index in [1.54, 1.807) is 0 Å². The van der Waals surface area contributed by atoms with E-state index in [9.17, 15) is 0 Å². The van der Waals surface area contributed by atoms with Crippen molar-refractivity contribution in [3.63, 3.8) is 0 Å². The third-order valence-corrected chi connectivity index (χ3v) is 5.08. The van der Waals surface area contributed by atoms with Crippen molar-refractivity contribution in [1.82, 2.24) is 9.55 Å². The van der Waals surface area contributed by atoms with E-state index < -0.39 is 0 Å². The molecule has 106 valence electrons. The molecule has 1 aromatic heterocycles. The van der Waals surface area contributed by atoms with Gasteiger partial charge in [0.05, 0.1) is 17.9 Å². The van der Waals surface area contributed by atoms with Crippen LogP contribution in [0, 0.1) is 5.92 Å². The molecular formula is C15H25N3O. The van der Waals surface area contributed by atoms with Crippen LogP contribution in [0.25, 0.3) is 0 Å². The summed E-state index contributed by atoms with van der Waals surface area (Å²) in [5.41, 5.74) is 8.67. The molecule has 1 fully saturated rings. The van der Waals surface area contributed by atoms with E-state index in [0.29, 0.717) is 17.9 Å². The molecular weight excluding hydrogens is 238 g/mol. The molecule has 0 bridgehead atoms. The first-order valence-electron chi connectivity index (χ1n) is 7.44. The van der Waals surface area contributed by atoms with E-state index in [1.807, 2.05) is 0 Å². The molecule has 0 radical (unpaired) electrons. The van der Waals surface area contributed by atoms with Crippen LogP contribution in [0.15, 0.2) is 0 Å². The quantitative estimate of drug-likeness (QED) is 0.840. The topological polar surface area (TPSA) is 53.1 Å². The van der Waals surface area contributed by atoms with Crippen molar-refractivity contribution >= 4 is 0 Å². The maximum Gasteiger partial charge on any atom is 0.115 e. The number of rotatable bonds is 1. The summed E-state index contributed by atoms with van der Waals surface area (Å²) in [6.45, 7) is 6.61. The largest absolute Gasteiger partial charge is 0.374 e. The zero-order valence-corrected chi connectivity index (χ0v) is 12.4. The van der Waals surface area contributed by atoms with Crippen LogP contribution >= 0.6 is 0 Å². The lowest BCUT2D eigenvalue weighted by Crippen LogP contribution is -2.28. The van der Waals surface area contributed by atoms with Crippen molar-refractivity contribution in [2.45, 2.75) is 64.2 Å². The lowest BCUT2D eigenvalue weighted by atomic mass is 9.89. The normalized spacial score (nSPS) is 38.5. The minimum atomic E-state index is 0.251. The molecule has 1 saturated heterocycles. The van der Waals surface area contributed by atoms with Crippen molar-refractivity contribution in [2.75, 3.05) is 0 Å². The zero-order chi connectivity index (χ0) is 13.7. The second-order valence-electron chi connectivity index (χ2n) is 6.36. The summed E-state index contributed by atoms with van der Waals surface area (Å²) in [4.78, 5) is 4.92. The van der Waals surface area contributed by atoms with Crippen molar-refractivity contribution < 1.29 is 4.74 Å². The minimum Gasteiger partial charge on any atom is -0.374 e. The van der Waals surface area contributed by atoms with Crippen LogP contribution in [-0.2, 0) is 24.6 Å². The first kappa shape index (κ1) is 13.1. The van der Waals surface area contributed by atoms with E-state index in [0.717, 1.165) is 19.3 Å². The third kappa shape index (κ3) is 2.01. The molecule has 4 nitrogen and oxygen atoms in total. The fourth-order valence-corrected chi connectivity index (χ4v) is 3.77. The Labute approximate surface area is 115 Å². The number of hydrogen-bond donors (Lipinski definition) is 1. The summed E-state index contributed by atoms with van der Waals surface area (Å²) in [5, 5.41) is 0. The van der Waals surface area contributed by atoms with Crippen LogP contribution in [0.4, 0.5) is 0 Å². The van der Waals surface area contributed by atoms with Crippen molar-refractivity contribution in [3.8, 4) is 0 Å². The summed E-state index contributed by atoms with van der Waals surface area (Å²) in [6.07, 6.45) is 3.63. The average molecular weight is 263 g/mol. The molecule has 0 saturated carbocycles. The molecule has 0 amide bonds. The Morgan fingerprint density at radius 3 is 2.63 bits per heavy atom. The van der Waals surface area contributed by atoms with Crippen molar-refractivity contribution in [2.24, 2.45) is 18.7 Å². The van der Waals surface area contributed by atoms with Gasteiger partial charge in [-0.05, 0) is 32.6 Å². The Hall–Kier alpha value is -0.870. The molecule has 5 unspecified atom stereocenters. The van der Waals surface area contributed by atoms with Gasteiger partial charge in [0.25, 0.3) is 0 Å². The Morgan fingerprint density at radius 2 is 2.00 bits per heavy atom. The first-order valence-corrected chi connectivity index (χ1v) is 7.44. The highest BCUT2D eigenvalue weighted by atomic mass is 16.5. The van der Waals surface area contributed by atoms with Gasteiger partial charge < -0.3 is 15.0 Å². The molecule has 2 N–H and O–H groups in total. The van der Waals surface area contributed by atoms with Gasteiger partial charge in [-0.15, -0.1) is 0 Å². The SMILES string of the molecule is CC1OC(C)C(c2nc3c(n2C)CCC(N)C3)C1C. The van der Waals surface area contributed by atoms with Crippen LogP contribution in [-0.4, -0.2) is 27.8 Å². The Kier molecular flexibility index (Phi) is 3.18. The Morgan fingerprint density at radius 1 is 1.26 bits per heavy atom. The van der Waals surface area contributed by atoms with E-state index in [2.05, 4.69) is 32.4 Å². The van der Waals surface area contributed by atoms with Gasteiger partial charge in [-0.2, -0.15) is 0 Å². The molecule has 1 aliphatic heterocycles. The monoisotopic (exact) mass is 263 g/mol. The van der Waals surface area contributed by atoms with E-state index in [1.165, 1.54) is 17.2 Å². The average Bonchev–Trinajstić information content (AvgIpc) is 2.78. The summed E-state index contributed by atoms with van der Waals surface area (Å²) in [5.74, 6) is 2.12. The molecule has 3 rings (SSSR count). The molecule has 2 heterocycles. The summed E-state index contributed by atoms with van der Waals surface area (Å²) < 4.78 is 8.28. The van der Waals surface area contributed by atoms with E-state index in [4.69, 9.17) is 15.5 Å². The van der Waals surface area contributed by atoms with Crippen LogP contribution < -0.4 is 5.73 Å². The number of fused-ring (bicyclic) bond motifs is 1. The molecule has 5 atom stereocenters. The van der Waals surface area contributed by atoms with Gasteiger partial charge in [-0.25, -0.2) is 4.98 Å². The van der Waals surface area contributed by atoms with Gasteiger partial charge in [-0.3, -0.25) is 0 Å².